The first-order chi connectivity index (χ1) is 14.2. The van der Waals surface area contributed by atoms with Gasteiger partial charge in [0.05, 0.1) is 29.3 Å². The van der Waals surface area contributed by atoms with Crippen molar-refractivity contribution in [3.05, 3.63) is 82.9 Å². The molecule has 0 aliphatic heterocycles. The number of hydrogen-bond acceptors (Lipinski definition) is 4. The van der Waals surface area contributed by atoms with Crippen LogP contribution in [0.5, 0.6) is 5.75 Å². The summed E-state index contributed by atoms with van der Waals surface area (Å²) in [6.07, 6.45) is 0. The van der Waals surface area contributed by atoms with E-state index in [0.29, 0.717) is 17.2 Å². The summed E-state index contributed by atoms with van der Waals surface area (Å²) < 4.78 is 7.68. The van der Waals surface area contributed by atoms with E-state index in [2.05, 4.69) is 10.6 Å². The molecule has 1 aromatic heterocycles. The fourth-order valence-corrected chi connectivity index (χ4v) is 4.20. The number of benzene rings is 3. The average molecular weight is 420 g/mol. The Balaban J connectivity index is 1.70. The SMILES string of the molecule is CCOc1ccc(-n2c(SCc3ccc(C#N)cc3)nc3ccc(Cl)cc32)cc1. The number of aromatic nitrogens is 2. The van der Waals surface area contributed by atoms with Gasteiger partial charge in [0.25, 0.3) is 0 Å². The summed E-state index contributed by atoms with van der Waals surface area (Å²) in [6.45, 7) is 2.60. The molecule has 0 saturated carbocycles. The van der Waals surface area contributed by atoms with Crippen molar-refractivity contribution in [3.63, 3.8) is 0 Å². The summed E-state index contributed by atoms with van der Waals surface area (Å²) in [5.41, 5.74) is 4.66. The molecular formula is C23H18ClN3OS. The highest BCUT2D eigenvalue weighted by Crippen LogP contribution is 2.32. The zero-order chi connectivity index (χ0) is 20.2. The van der Waals surface area contributed by atoms with Crippen LogP contribution in [-0.4, -0.2) is 16.2 Å². The summed E-state index contributed by atoms with van der Waals surface area (Å²) in [7, 11) is 0. The number of rotatable bonds is 6. The lowest BCUT2D eigenvalue weighted by molar-refractivity contribution is 0.340. The highest BCUT2D eigenvalue weighted by molar-refractivity contribution is 7.98. The minimum atomic E-state index is 0.634. The molecule has 4 nitrogen and oxygen atoms in total. The predicted octanol–water partition coefficient (Wildman–Crippen LogP) is 6.24. The Bertz CT molecular complexity index is 1180. The molecule has 3 aromatic carbocycles. The lowest BCUT2D eigenvalue weighted by atomic mass is 10.2. The Kier molecular flexibility index (Phi) is 5.75. The third-order valence-corrected chi connectivity index (χ3v) is 5.69. The van der Waals surface area contributed by atoms with Gasteiger partial charge in [0.1, 0.15) is 5.75 Å². The first-order valence-corrected chi connectivity index (χ1v) is 10.6. The molecular weight excluding hydrogens is 402 g/mol. The molecule has 29 heavy (non-hydrogen) atoms. The van der Waals surface area contributed by atoms with Gasteiger partial charge in [-0.3, -0.25) is 4.57 Å². The van der Waals surface area contributed by atoms with Gasteiger partial charge < -0.3 is 4.74 Å². The van der Waals surface area contributed by atoms with E-state index < -0.39 is 0 Å². The van der Waals surface area contributed by atoms with E-state index in [0.717, 1.165) is 38.9 Å². The monoisotopic (exact) mass is 419 g/mol. The highest BCUT2D eigenvalue weighted by atomic mass is 35.5. The Hall–Kier alpha value is -2.94. The van der Waals surface area contributed by atoms with E-state index >= 15 is 0 Å². The van der Waals surface area contributed by atoms with E-state index in [-0.39, 0.29) is 0 Å². The number of fused-ring (bicyclic) bond motifs is 1. The van der Waals surface area contributed by atoms with Crippen LogP contribution in [0.25, 0.3) is 16.7 Å². The minimum absolute atomic E-state index is 0.634. The van der Waals surface area contributed by atoms with Crippen molar-refractivity contribution in [1.82, 2.24) is 9.55 Å². The van der Waals surface area contributed by atoms with Gasteiger partial charge in [-0.25, -0.2) is 4.98 Å². The topological polar surface area (TPSA) is 50.8 Å². The summed E-state index contributed by atoms with van der Waals surface area (Å²) in [5.74, 6) is 1.59. The number of thioether (sulfide) groups is 1. The van der Waals surface area contributed by atoms with Crippen LogP contribution in [0.4, 0.5) is 0 Å². The zero-order valence-electron chi connectivity index (χ0n) is 15.8. The van der Waals surface area contributed by atoms with Crippen LogP contribution in [0, 0.1) is 11.3 Å². The summed E-state index contributed by atoms with van der Waals surface area (Å²) >= 11 is 7.91. The van der Waals surface area contributed by atoms with E-state index in [1.807, 2.05) is 73.7 Å². The maximum Gasteiger partial charge on any atom is 0.174 e. The molecule has 6 heteroatoms. The molecule has 0 aliphatic rings. The second-order valence-corrected chi connectivity index (χ2v) is 7.77. The summed E-state index contributed by atoms with van der Waals surface area (Å²) in [6, 6.07) is 23.5. The van der Waals surface area contributed by atoms with E-state index in [4.69, 9.17) is 26.6 Å². The number of ether oxygens (including phenoxy) is 1. The van der Waals surface area contributed by atoms with E-state index in [1.54, 1.807) is 11.8 Å². The third kappa shape index (κ3) is 4.24. The lowest BCUT2D eigenvalue weighted by Gasteiger charge is -2.10. The van der Waals surface area contributed by atoms with Gasteiger partial charge in [-0.1, -0.05) is 35.5 Å². The number of hydrogen-bond donors (Lipinski definition) is 0. The van der Waals surface area contributed by atoms with Crippen LogP contribution < -0.4 is 4.74 Å². The van der Waals surface area contributed by atoms with Crippen LogP contribution in [-0.2, 0) is 5.75 Å². The summed E-state index contributed by atoms with van der Waals surface area (Å²) in [5, 5.41) is 10.5. The van der Waals surface area contributed by atoms with Gasteiger partial charge in [-0.15, -0.1) is 0 Å². The van der Waals surface area contributed by atoms with Crippen molar-refractivity contribution in [2.45, 2.75) is 17.8 Å². The molecule has 0 N–H and O–H groups in total. The molecule has 0 spiro atoms. The quantitative estimate of drug-likeness (QED) is 0.347. The van der Waals surface area contributed by atoms with Crippen molar-refractivity contribution in [2.24, 2.45) is 0 Å². The molecule has 0 unspecified atom stereocenters. The van der Waals surface area contributed by atoms with Gasteiger partial charge >= 0.3 is 0 Å². The second kappa shape index (κ2) is 8.60. The van der Waals surface area contributed by atoms with E-state index in [1.165, 1.54) is 0 Å². The molecule has 144 valence electrons. The number of halogens is 1. The van der Waals surface area contributed by atoms with Crippen LogP contribution in [0.3, 0.4) is 0 Å². The van der Waals surface area contributed by atoms with Crippen molar-refractivity contribution in [2.75, 3.05) is 6.61 Å². The van der Waals surface area contributed by atoms with Crippen LogP contribution in [0.2, 0.25) is 5.02 Å². The lowest BCUT2D eigenvalue weighted by Crippen LogP contribution is -1.98. The van der Waals surface area contributed by atoms with Crippen molar-refractivity contribution < 1.29 is 4.74 Å². The fraction of sp³-hybridized carbons (Fsp3) is 0.130. The number of imidazole rings is 1. The van der Waals surface area contributed by atoms with Crippen LogP contribution in [0.15, 0.2) is 71.9 Å². The maximum atomic E-state index is 8.97. The fourth-order valence-electron chi connectivity index (χ4n) is 3.05. The van der Waals surface area contributed by atoms with Gasteiger partial charge in [-0.05, 0) is 67.1 Å². The molecule has 0 fully saturated rings. The molecule has 0 saturated heterocycles. The highest BCUT2D eigenvalue weighted by Gasteiger charge is 2.14. The molecule has 4 rings (SSSR count). The molecule has 0 radical (unpaired) electrons. The Labute approximate surface area is 178 Å². The van der Waals surface area contributed by atoms with Crippen molar-refractivity contribution in [1.29, 1.82) is 5.26 Å². The van der Waals surface area contributed by atoms with Gasteiger partial charge in [0.2, 0.25) is 0 Å². The van der Waals surface area contributed by atoms with Crippen LogP contribution in [0.1, 0.15) is 18.1 Å². The second-order valence-electron chi connectivity index (χ2n) is 6.39. The molecule has 0 amide bonds. The Morgan fingerprint density at radius 1 is 1.07 bits per heavy atom. The molecule has 1 heterocycles. The predicted molar refractivity (Wildman–Crippen MR) is 118 cm³/mol. The Morgan fingerprint density at radius 2 is 1.83 bits per heavy atom. The number of nitriles is 1. The average Bonchev–Trinajstić information content (AvgIpc) is 3.11. The van der Waals surface area contributed by atoms with Crippen LogP contribution >= 0.6 is 23.4 Å². The first kappa shape index (κ1) is 19.4. The standard InChI is InChI=1S/C23H18ClN3OS/c1-2-28-20-10-8-19(9-11-20)27-22-13-18(24)7-12-21(22)26-23(27)29-15-17-5-3-16(14-25)4-6-17/h3-13H,2,15H2,1H3. The van der Waals surface area contributed by atoms with E-state index in [9.17, 15) is 0 Å². The first-order valence-electron chi connectivity index (χ1n) is 9.21. The Morgan fingerprint density at radius 3 is 2.52 bits per heavy atom. The molecule has 4 aromatic rings. The third-order valence-electron chi connectivity index (χ3n) is 4.44. The zero-order valence-corrected chi connectivity index (χ0v) is 17.4. The normalized spacial score (nSPS) is 10.8. The van der Waals surface area contributed by atoms with Gasteiger partial charge in [0.15, 0.2) is 5.16 Å². The summed E-state index contributed by atoms with van der Waals surface area (Å²) in [4.78, 5) is 4.82. The smallest absolute Gasteiger partial charge is 0.174 e. The number of nitrogens with zero attached hydrogens (tertiary/aromatic N) is 3. The molecule has 0 bridgehead atoms. The van der Waals surface area contributed by atoms with Gasteiger partial charge in [0, 0.05) is 16.5 Å². The van der Waals surface area contributed by atoms with Crippen molar-refractivity contribution >= 4 is 34.4 Å². The van der Waals surface area contributed by atoms with Crippen molar-refractivity contribution in [3.8, 4) is 17.5 Å². The van der Waals surface area contributed by atoms with Gasteiger partial charge in [-0.2, -0.15) is 5.26 Å². The largest absolute Gasteiger partial charge is 0.494 e. The maximum absolute atomic E-state index is 8.97. The minimum Gasteiger partial charge on any atom is -0.494 e. The molecule has 0 atom stereocenters. The molecule has 0 aliphatic carbocycles.